The second-order valence-electron chi connectivity index (χ2n) is 3.79. The summed E-state index contributed by atoms with van der Waals surface area (Å²) in [7, 11) is 0. The molecule has 3 atom stereocenters. The third-order valence-electron chi connectivity index (χ3n) is 3.03. The first-order chi connectivity index (χ1) is 4.75. The van der Waals surface area contributed by atoms with E-state index in [0.717, 1.165) is 24.3 Å². The minimum atomic E-state index is 0.748. The second-order valence-corrected chi connectivity index (χ2v) is 3.79. The lowest BCUT2D eigenvalue weighted by Crippen LogP contribution is -2.22. The molecular weight excluding hydrogens is 122 g/mol. The van der Waals surface area contributed by atoms with Crippen LogP contribution in [0, 0.1) is 17.8 Å². The number of rotatable bonds is 2. The van der Waals surface area contributed by atoms with Crippen LogP contribution in [-0.4, -0.2) is 6.54 Å². The van der Waals surface area contributed by atoms with Crippen LogP contribution in [0.3, 0.4) is 0 Å². The molecule has 2 N–H and O–H groups in total. The van der Waals surface area contributed by atoms with Crippen molar-refractivity contribution in [1.82, 2.24) is 0 Å². The normalized spacial score (nSPS) is 36.3. The Hall–Kier alpha value is -0.0400. The third-order valence-corrected chi connectivity index (χ3v) is 3.03. The van der Waals surface area contributed by atoms with E-state index in [-0.39, 0.29) is 0 Å². The van der Waals surface area contributed by atoms with Gasteiger partial charge in [0.2, 0.25) is 0 Å². The van der Waals surface area contributed by atoms with Crippen molar-refractivity contribution >= 4 is 0 Å². The Labute approximate surface area is 64.0 Å². The molecule has 1 saturated carbocycles. The summed E-state index contributed by atoms with van der Waals surface area (Å²) in [6.07, 6.45) is 4.27. The van der Waals surface area contributed by atoms with Crippen molar-refractivity contribution in [3.8, 4) is 0 Å². The molecule has 0 amide bonds. The molecule has 2 unspecified atom stereocenters. The van der Waals surface area contributed by atoms with Gasteiger partial charge >= 0.3 is 0 Å². The average Bonchev–Trinajstić information content (AvgIpc) is 2.34. The minimum Gasteiger partial charge on any atom is -0.330 e. The topological polar surface area (TPSA) is 26.0 Å². The van der Waals surface area contributed by atoms with E-state index in [9.17, 15) is 0 Å². The molecule has 1 fully saturated rings. The Balaban J connectivity index is 2.38. The maximum Gasteiger partial charge on any atom is -0.00488 e. The van der Waals surface area contributed by atoms with Crippen LogP contribution in [0.25, 0.3) is 0 Å². The van der Waals surface area contributed by atoms with E-state index in [0.29, 0.717) is 0 Å². The third kappa shape index (κ3) is 1.51. The maximum absolute atomic E-state index is 5.61. The molecule has 0 spiro atoms. The molecular formula is C9H19N. The van der Waals surface area contributed by atoms with E-state index in [1.807, 2.05) is 0 Å². The molecule has 1 aliphatic carbocycles. The van der Waals surface area contributed by atoms with Gasteiger partial charge in [-0.25, -0.2) is 0 Å². The summed E-state index contributed by atoms with van der Waals surface area (Å²) < 4.78 is 0. The Bertz CT molecular complexity index is 101. The van der Waals surface area contributed by atoms with Gasteiger partial charge in [0.15, 0.2) is 0 Å². The molecule has 0 heterocycles. The van der Waals surface area contributed by atoms with Gasteiger partial charge < -0.3 is 5.73 Å². The van der Waals surface area contributed by atoms with Gasteiger partial charge in [0.05, 0.1) is 0 Å². The molecule has 1 rings (SSSR count). The summed E-state index contributed by atoms with van der Waals surface area (Å²) in [4.78, 5) is 0. The molecule has 1 heteroatoms. The molecule has 0 saturated heterocycles. The van der Waals surface area contributed by atoms with Gasteiger partial charge in [0.25, 0.3) is 0 Å². The highest BCUT2D eigenvalue weighted by Gasteiger charge is 2.26. The van der Waals surface area contributed by atoms with Crippen molar-refractivity contribution in [2.45, 2.75) is 33.1 Å². The van der Waals surface area contributed by atoms with Crippen LogP contribution in [0.5, 0.6) is 0 Å². The SMILES string of the molecule is CC1CCCC1[C@@H](C)CN. The molecule has 1 nitrogen and oxygen atoms in total. The lowest BCUT2D eigenvalue weighted by molar-refractivity contribution is 0.301. The first-order valence-corrected chi connectivity index (χ1v) is 4.45. The van der Waals surface area contributed by atoms with Crippen molar-refractivity contribution in [1.29, 1.82) is 0 Å². The lowest BCUT2D eigenvalue weighted by atomic mass is 9.86. The van der Waals surface area contributed by atoms with Gasteiger partial charge in [-0.05, 0) is 30.7 Å². The van der Waals surface area contributed by atoms with Gasteiger partial charge in [-0.15, -0.1) is 0 Å². The average molecular weight is 141 g/mol. The van der Waals surface area contributed by atoms with Crippen LogP contribution in [0.15, 0.2) is 0 Å². The van der Waals surface area contributed by atoms with Crippen LogP contribution in [0.4, 0.5) is 0 Å². The van der Waals surface area contributed by atoms with Crippen LogP contribution < -0.4 is 5.73 Å². The molecule has 1 aliphatic rings. The summed E-state index contributed by atoms with van der Waals surface area (Å²) in [5.74, 6) is 2.60. The number of hydrogen-bond acceptors (Lipinski definition) is 1. The molecule has 0 bridgehead atoms. The molecule has 10 heavy (non-hydrogen) atoms. The Morgan fingerprint density at radius 1 is 1.50 bits per heavy atom. The fourth-order valence-electron chi connectivity index (χ4n) is 2.19. The van der Waals surface area contributed by atoms with Crippen molar-refractivity contribution in [2.24, 2.45) is 23.5 Å². The largest absolute Gasteiger partial charge is 0.330 e. The Morgan fingerprint density at radius 2 is 2.20 bits per heavy atom. The second kappa shape index (κ2) is 3.38. The highest BCUT2D eigenvalue weighted by molar-refractivity contribution is 4.78. The van der Waals surface area contributed by atoms with E-state index < -0.39 is 0 Å². The minimum absolute atomic E-state index is 0.748. The van der Waals surface area contributed by atoms with Crippen molar-refractivity contribution < 1.29 is 0 Å². The number of hydrogen-bond donors (Lipinski definition) is 1. The highest BCUT2D eigenvalue weighted by atomic mass is 14.6. The van der Waals surface area contributed by atoms with E-state index in [2.05, 4.69) is 13.8 Å². The van der Waals surface area contributed by atoms with Gasteiger partial charge in [-0.1, -0.05) is 26.7 Å². The maximum atomic E-state index is 5.61. The van der Waals surface area contributed by atoms with Crippen molar-refractivity contribution in [3.63, 3.8) is 0 Å². The molecule has 0 aliphatic heterocycles. The predicted molar refractivity (Wildman–Crippen MR) is 44.7 cm³/mol. The van der Waals surface area contributed by atoms with Gasteiger partial charge in [0.1, 0.15) is 0 Å². The predicted octanol–water partition coefficient (Wildman–Crippen LogP) is 2.02. The quantitative estimate of drug-likeness (QED) is 0.625. The summed E-state index contributed by atoms with van der Waals surface area (Å²) >= 11 is 0. The molecule has 0 aromatic carbocycles. The van der Waals surface area contributed by atoms with Gasteiger partial charge in [-0.2, -0.15) is 0 Å². The van der Waals surface area contributed by atoms with Gasteiger partial charge in [-0.3, -0.25) is 0 Å². The molecule has 0 aromatic heterocycles. The summed E-state index contributed by atoms with van der Waals surface area (Å²) in [5.41, 5.74) is 5.61. The Morgan fingerprint density at radius 3 is 2.60 bits per heavy atom. The van der Waals surface area contributed by atoms with Crippen LogP contribution in [0.1, 0.15) is 33.1 Å². The highest BCUT2D eigenvalue weighted by Crippen LogP contribution is 2.35. The number of nitrogens with two attached hydrogens (primary N) is 1. The van der Waals surface area contributed by atoms with E-state index in [1.54, 1.807) is 0 Å². The zero-order chi connectivity index (χ0) is 7.56. The monoisotopic (exact) mass is 141 g/mol. The Kier molecular flexibility index (Phi) is 2.72. The van der Waals surface area contributed by atoms with E-state index >= 15 is 0 Å². The molecule has 60 valence electrons. The van der Waals surface area contributed by atoms with Crippen molar-refractivity contribution in [3.05, 3.63) is 0 Å². The smallest absolute Gasteiger partial charge is 0.00488 e. The van der Waals surface area contributed by atoms with Crippen LogP contribution >= 0.6 is 0 Å². The summed E-state index contributed by atoms with van der Waals surface area (Å²) in [5, 5.41) is 0. The lowest BCUT2D eigenvalue weighted by Gasteiger charge is -2.21. The summed E-state index contributed by atoms with van der Waals surface area (Å²) in [6.45, 7) is 5.52. The van der Waals surface area contributed by atoms with Crippen LogP contribution in [-0.2, 0) is 0 Å². The first kappa shape index (κ1) is 8.06. The van der Waals surface area contributed by atoms with Crippen LogP contribution in [0.2, 0.25) is 0 Å². The molecule has 0 radical (unpaired) electrons. The fraction of sp³-hybridized carbons (Fsp3) is 1.00. The standard InChI is InChI=1S/C9H19N/c1-7-4-3-5-9(7)8(2)6-10/h7-9H,3-6,10H2,1-2H3/t7?,8-,9?/m0/s1. The summed E-state index contributed by atoms with van der Waals surface area (Å²) in [6, 6.07) is 0. The van der Waals surface area contributed by atoms with Crippen molar-refractivity contribution in [2.75, 3.05) is 6.54 Å². The fourth-order valence-corrected chi connectivity index (χ4v) is 2.19. The zero-order valence-electron chi connectivity index (χ0n) is 7.14. The molecule has 0 aromatic rings. The first-order valence-electron chi connectivity index (χ1n) is 4.45. The van der Waals surface area contributed by atoms with E-state index in [4.69, 9.17) is 5.73 Å². The zero-order valence-corrected chi connectivity index (χ0v) is 7.14. The van der Waals surface area contributed by atoms with Gasteiger partial charge in [0, 0.05) is 0 Å². The van der Waals surface area contributed by atoms with E-state index in [1.165, 1.54) is 19.3 Å².